The molecule has 0 radical (unpaired) electrons. The van der Waals surface area contributed by atoms with E-state index in [1.807, 2.05) is 0 Å². The Labute approximate surface area is 91.4 Å². The van der Waals surface area contributed by atoms with Crippen LogP contribution in [0.1, 0.15) is 18.9 Å². The van der Waals surface area contributed by atoms with Crippen LogP contribution in [0, 0.1) is 0 Å². The van der Waals surface area contributed by atoms with E-state index in [9.17, 15) is 0 Å². The van der Waals surface area contributed by atoms with Crippen molar-refractivity contribution in [2.75, 3.05) is 11.9 Å². The van der Waals surface area contributed by atoms with Crippen molar-refractivity contribution >= 4 is 5.69 Å². The Morgan fingerprint density at radius 3 is 3.07 bits per heavy atom. The maximum absolute atomic E-state index is 3.94. The highest BCUT2D eigenvalue weighted by atomic mass is 15.0. The van der Waals surface area contributed by atoms with Gasteiger partial charge in [-0.05, 0) is 24.5 Å². The van der Waals surface area contributed by atoms with E-state index in [-0.39, 0.29) is 0 Å². The Hall–Kier alpha value is -1.44. The first-order valence-corrected chi connectivity index (χ1v) is 5.55. The fourth-order valence-corrected chi connectivity index (χ4v) is 1.89. The smallest absolute Gasteiger partial charge is 0.0475 e. The quantitative estimate of drug-likeness (QED) is 0.784. The van der Waals surface area contributed by atoms with Crippen LogP contribution in [0.2, 0.25) is 0 Å². The molecule has 1 aliphatic heterocycles. The molecule has 1 aromatic rings. The van der Waals surface area contributed by atoms with Crippen molar-refractivity contribution in [2.45, 2.75) is 25.8 Å². The lowest BCUT2D eigenvalue weighted by molar-refractivity contribution is 0.663. The third-order valence-corrected chi connectivity index (χ3v) is 2.87. The summed E-state index contributed by atoms with van der Waals surface area (Å²) < 4.78 is 0. The van der Waals surface area contributed by atoms with E-state index >= 15 is 0 Å². The minimum Gasteiger partial charge on any atom is -0.387 e. The summed E-state index contributed by atoms with van der Waals surface area (Å²) in [7, 11) is 0. The number of para-hydroxylation sites is 1. The molecule has 1 atom stereocenters. The molecule has 0 fully saturated rings. The molecule has 1 heterocycles. The van der Waals surface area contributed by atoms with Crippen molar-refractivity contribution in [1.29, 1.82) is 0 Å². The summed E-state index contributed by atoms with van der Waals surface area (Å²) in [6.07, 6.45) is 2.11. The van der Waals surface area contributed by atoms with Crippen LogP contribution in [-0.2, 0) is 6.42 Å². The number of anilines is 1. The average molecular weight is 202 g/mol. The van der Waals surface area contributed by atoms with Crippen molar-refractivity contribution in [3.05, 3.63) is 42.1 Å². The summed E-state index contributed by atoms with van der Waals surface area (Å²) >= 11 is 0. The molecule has 0 amide bonds. The highest BCUT2D eigenvalue weighted by molar-refractivity contribution is 5.56. The molecule has 0 saturated heterocycles. The van der Waals surface area contributed by atoms with Crippen LogP contribution in [0.5, 0.6) is 0 Å². The maximum atomic E-state index is 3.94. The van der Waals surface area contributed by atoms with Crippen LogP contribution in [-0.4, -0.2) is 12.6 Å². The van der Waals surface area contributed by atoms with Gasteiger partial charge in [0.15, 0.2) is 0 Å². The number of rotatable bonds is 4. The third kappa shape index (κ3) is 2.32. The van der Waals surface area contributed by atoms with Crippen LogP contribution in [0.4, 0.5) is 5.69 Å². The number of hydrogen-bond acceptors (Lipinski definition) is 2. The molecule has 0 bridgehead atoms. The first kappa shape index (κ1) is 10.1. The summed E-state index contributed by atoms with van der Waals surface area (Å²) in [5.74, 6) is 0. The summed E-state index contributed by atoms with van der Waals surface area (Å²) in [6, 6.07) is 9.01. The van der Waals surface area contributed by atoms with Crippen molar-refractivity contribution in [1.82, 2.24) is 5.32 Å². The number of hydrogen-bond donors (Lipinski definition) is 2. The van der Waals surface area contributed by atoms with E-state index in [0.29, 0.717) is 6.04 Å². The van der Waals surface area contributed by atoms with Crippen molar-refractivity contribution < 1.29 is 0 Å². The molecule has 0 saturated carbocycles. The lowest BCUT2D eigenvalue weighted by Gasteiger charge is -2.14. The van der Waals surface area contributed by atoms with Gasteiger partial charge in [-0.2, -0.15) is 0 Å². The zero-order chi connectivity index (χ0) is 10.7. The van der Waals surface area contributed by atoms with E-state index in [2.05, 4.69) is 48.4 Å². The molecule has 2 N–H and O–H groups in total. The average Bonchev–Trinajstić information content (AvgIpc) is 2.68. The number of benzene rings is 1. The van der Waals surface area contributed by atoms with Gasteiger partial charge in [-0.3, -0.25) is 0 Å². The molecule has 80 valence electrons. The maximum Gasteiger partial charge on any atom is 0.0475 e. The molecule has 2 heteroatoms. The van der Waals surface area contributed by atoms with Gasteiger partial charge in [0.25, 0.3) is 0 Å². The minimum absolute atomic E-state index is 0.505. The summed E-state index contributed by atoms with van der Waals surface area (Å²) in [4.78, 5) is 0. The Morgan fingerprint density at radius 1 is 1.53 bits per heavy atom. The van der Waals surface area contributed by atoms with E-state index in [1.165, 1.54) is 11.3 Å². The second-order valence-electron chi connectivity index (χ2n) is 4.04. The van der Waals surface area contributed by atoms with Crippen LogP contribution in [0.25, 0.3) is 0 Å². The Balaban J connectivity index is 1.88. The molecule has 2 nitrogen and oxygen atoms in total. The first-order valence-electron chi connectivity index (χ1n) is 5.55. The van der Waals surface area contributed by atoms with Gasteiger partial charge in [0.1, 0.15) is 0 Å². The van der Waals surface area contributed by atoms with E-state index in [0.717, 1.165) is 25.1 Å². The van der Waals surface area contributed by atoms with Gasteiger partial charge in [0, 0.05) is 24.0 Å². The monoisotopic (exact) mass is 202 g/mol. The second-order valence-corrected chi connectivity index (χ2v) is 4.04. The fraction of sp³-hybridized carbons (Fsp3) is 0.385. The lowest BCUT2D eigenvalue weighted by Crippen LogP contribution is -2.30. The predicted octanol–water partition coefficient (Wildman–Crippen LogP) is 2.54. The molecular weight excluding hydrogens is 184 g/mol. The SMILES string of the molecule is C=C(CC)NC[C@@H]1Cc2ccccc2N1. The molecule has 0 aliphatic carbocycles. The zero-order valence-corrected chi connectivity index (χ0v) is 9.22. The summed E-state index contributed by atoms with van der Waals surface area (Å²) in [6.45, 7) is 7.02. The van der Waals surface area contributed by atoms with Gasteiger partial charge >= 0.3 is 0 Å². The summed E-state index contributed by atoms with van der Waals surface area (Å²) in [5.41, 5.74) is 3.82. The number of allylic oxidation sites excluding steroid dienone is 1. The highest BCUT2D eigenvalue weighted by Crippen LogP contribution is 2.24. The Kier molecular flexibility index (Phi) is 2.95. The van der Waals surface area contributed by atoms with Crippen molar-refractivity contribution in [3.63, 3.8) is 0 Å². The molecule has 1 aromatic carbocycles. The van der Waals surface area contributed by atoms with E-state index < -0.39 is 0 Å². The topological polar surface area (TPSA) is 24.1 Å². The molecule has 0 unspecified atom stereocenters. The summed E-state index contributed by atoms with van der Waals surface area (Å²) in [5, 5.41) is 6.86. The van der Waals surface area contributed by atoms with Crippen LogP contribution < -0.4 is 10.6 Å². The predicted molar refractivity (Wildman–Crippen MR) is 65.0 cm³/mol. The molecule has 2 rings (SSSR count). The molecular formula is C13H18N2. The van der Waals surface area contributed by atoms with Gasteiger partial charge in [0.2, 0.25) is 0 Å². The second kappa shape index (κ2) is 4.39. The molecule has 1 aliphatic rings. The number of fused-ring (bicyclic) bond motifs is 1. The fourth-order valence-electron chi connectivity index (χ4n) is 1.89. The molecule has 0 aromatic heterocycles. The Bertz CT molecular complexity index is 332. The standard InChI is InChI=1S/C13H18N2/c1-3-10(2)14-9-12-8-11-6-4-5-7-13(11)15-12/h4-7,12,14-15H,2-3,8-9H2,1H3/t12-/m0/s1. The lowest BCUT2D eigenvalue weighted by atomic mass is 10.1. The van der Waals surface area contributed by atoms with Crippen molar-refractivity contribution in [3.8, 4) is 0 Å². The number of nitrogens with one attached hydrogen (secondary N) is 2. The van der Waals surface area contributed by atoms with Gasteiger partial charge in [-0.1, -0.05) is 31.7 Å². The van der Waals surface area contributed by atoms with Gasteiger partial charge in [-0.15, -0.1) is 0 Å². The Morgan fingerprint density at radius 2 is 2.33 bits per heavy atom. The minimum atomic E-state index is 0.505. The van der Waals surface area contributed by atoms with Crippen LogP contribution in [0.15, 0.2) is 36.5 Å². The van der Waals surface area contributed by atoms with Crippen molar-refractivity contribution in [2.24, 2.45) is 0 Å². The van der Waals surface area contributed by atoms with E-state index in [4.69, 9.17) is 0 Å². The van der Waals surface area contributed by atoms with Crippen LogP contribution in [0.3, 0.4) is 0 Å². The van der Waals surface area contributed by atoms with Crippen LogP contribution >= 0.6 is 0 Å². The van der Waals surface area contributed by atoms with Gasteiger partial charge in [-0.25, -0.2) is 0 Å². The van der Waals surface area contributed by atoms with Gasteiger partial charge in [0.05, 0.1) is 0 Å². The zero-order valence-electron chi connectivity index (χ0n) is 9.22. The normalized spacial score (nSPS) is 18.1. The largest absolute Gasteiger partial charge is 0.387 e. The highest BCUT2D eigenvalue weighted by Gasteiger charge is 2.19. The van der Waals surface area contributed by atoms with Gasteiger partial charge < -0.3 is 10.6 Å². The first-order chi connectivity index (χ1) is 7.29. The molecule has 15 heavy (non-hydrogen) atoms. The third-order valence-electron chi connectivity index (χ3n) is 2.87. The van der Waals surface area contributed by atoms with E-state index in [1.54, 1.807) is 0 Å². The molecule has 0 spiro atoms.